The van der Waals surface area contributed by atoms with Crippen molar-refractivity contribution in [2.75, 3.05) is 11.9 Å². The minimum absolute atomic E-state index is 0.0491. The lowest BCUT2D eigenvalue weighted by Crippen LogP contribution is -2.21. The number of benzene rings is 2. The molecule has 0 atom stereocenters. The number of esters is 1. The fourth-order valence-electron chi connectivity index (χ4n) is 2.31. The molecule has 0 aliphatic heterocycles. The molecule has 0 aliphatic carbocycles. The molecule has 1 amide bonds. The molecule has 1 N–H and O–H groups in total. The average Bonchev–Trinajstić information content (AvgIpc) is 3.12. The minimum atomic E-state index is -0.660. The smallest absolute Gasteiger partial charge is 0.338 e. The molecule has 150 valence electrons. The molecule has 1 aromatic heterocycles. The first kappa shape index (κ1) is 20.8. The summed E-state index contributed by atoms with van der Waals surface area (Å²) in [6, 6.07) is 9.90. The number of nitrogens with one attached hydrogen (secondary N) is 1. The molecule has 0 saturated carbocycles. The normalized spacial score (nSPS) is 10.4. The number of carbonyl (C=O) groups is 2. The lowest BCUT2D eigenvalue weighted by molar-refractivity contribution is -0.119. The Morgan fingerprint density at radius 1 is 1.21 bits per heavy atom. The molecule has 0 aliphatic rings. The summed E-state index contributed by atoms with van der Waals surface area (Å²) in [5.41, 5.74) is 1.34. The third-order valence-corrected chi connectivity index (χ3v) is 4.82. The number of hydrogen-bond donors (Lipinski definition) is 1. The van der Waals surface area contributed by atoms with E-state index in [4.69, 9.17) is 21.1 Å². The van der Waals surface area contributed by atoms with Gasteiger partial charge >= 0.3 is 5.97 Å². The number of aromatic nitrogens is 1. The van der Waals surface area contributed by atoms with Crippen LogP contribution in [0.3, 0.4) is 0 Å². The second-order valence-electron chi connectivity index (χ2n) is 5.92. The van der Waals surface area contributed by atoms with Crippen molar-refractivity contribution in [1.82, 2.24) is 4.98 Å². The largest absolute Gasteiger partial charge is 0.487 e. The van der Waals surface area contributed by atoms with Crippen LogP contribution in [0.4, 0.5) is 10.1 Å². The van der Waals surface area contributed by atoms with Crippen molar-refractivity contribution in [3.8, 4) is 5.75 Å². The molecule has 6 nitrogen and oxygen atoms in total. The summed E-state index contributed by atoms with van der Waals surface area (Å²) in [5, 5.41) is 5.38. The number of hydrogen-bond acceptors (Lipinski definition) is 6. The number of rotatable bonds is 7. The van der Waals surface area contributed by atoms with E-state index in [2.05, 4.69) is 10.3 Å². The van der Waals surface area contributed by atoms with E-state index in [1.807, 2.05) is 12.3 Å². The van der Waals surface area contributed by atoms with Gasteiger partial charge in [-0.1, -0.05) is 11.6 Å². The Balaban J connectivity index is 1.48. The SMILES string of the molecule is Cc1nc(COc2ccc(C(=O)OCC(=O)Nc3ccc(F)cc3Cl)cc2)cs1. The molecular weight excluding hydrogens is 419 g/mol. The van der Waals surface area contributed by atoms with Crippen molar-refractivity contribution in [3.63, 3.8) is 0 Å². The van der Waals surface area contributed by atoms with E-state index < -0.39 is 24.3 Å². The van der Waals surface area contributed by atoms with E-state index in [1.165, 1.54) is 6.07 Å². The van der Waals surface area contributed by atoms with E-state index >= 15 is 0 Å². The molecule has 1 heterocycles. The highest BCUT2D eigenvalue weighted by atomic mass is 35.5. The van der Waals surface area contributed by atoms with Crippen molar-refractivity contribution in [2.24, 2.45) is 0 Å². The van der Waals surface area contributed by atoms with Crippen molar-refractivity contribution in [3.05, 3.63) is 74.9 Å². The van der Waals surface area contributed by atoms with Gasteiger partial charge in [-0.15, -0.1) is 11.3 Å². The van der Waals surface area contributed by atoms with Crippen molar-refractivity contribution >= 4 is 40.5 Å². The predicted octanol–water partition coefficient (Wildman–Crippen LogP) is 4.62. The molecule has 29 heavy (non-hydrogen) atoms. The van der Waals surface area contributed by atoms with Crippen molar-refractivity contribution in [1.29, 1.82) is 0 Å². The molecule has 0 saturated heterocycles. The molecule has 0 radical (unpaired) electrons. The lowest BCUT2D eigenvalue weighted by Gasteiger charge is -2.09. The van der Waals surface area contributed by atoms with E-state index in [0.717, 1.165) is 22.8 Å². The number of ether oxygens (including phenoxy) is 2. The fourth-order valence-corrected chi connectivity index (χ4v) is 3.12. The van der Waals surface area contributed by atoms with Crippen LogP contribution in [0.2, 0.25) is 5.02 Å². The number of halogens is 2. The van der Waals surface area contributed by atoms with Gasteiger partial charge in [0.1, 0.15) is 18.2 Å². The van der Waals surface area contributed by atoms with Crippen LogP contribution in [0.25, 0.3) is 0 Å². The monoisotopic (exact) mass is 434 g/mol. The minimum Gasteiger partial charge on any atom is -0.487 e. The highest BCUT2D eigenvalue weighted by Gasteiger charge is 2.12. The van der Waals surface area contributed by atoms with Crippen LogP contribution in [0.15, 0.2) is 47.8 Å². The predicted molar refractivity (Wildman–Crippen MR) is 108 cm³/mol. The van der Waals surface area contributed by atoms with Crippen LogP contribution in [-0.4, -0.2) is 23.5 Å². The van der Waals surface area contributed by atoms with Gasteiger partial charge in [0.05, 0.1) is 27.0 Å². The van der Waals surface area contributed by atoms with Crippen LogP contribution < -0.4 is 10.1 Å². The first-order valence-corrected chi connectivity index (χ1v) is 9.72. The second-order valence-corrected chi connectivity index (χ2v) is 7.39. The Morgan fingerprint density at radius 3 is 2.62 bits per heavy atom. The molecule has 0 fully saturated rings. The molecule has 3 rings (SSSR count). The van der Waals surface area contributed by atoms with Crippen LogP contribution in [0.1, 0.15) is 21.1 Å². The zero-order chi connectivity index (χ0) is 20.8. The van der Waals surface area contributed by atoms with E-state index in [-0.39, 0.29) is 16.3 Å². The zero-order valence-electron chi connectivity index (χ0n) is 15.3. The number of carbonyl (C=O) groups excluding carboxylic acids is 2. The van der Waals surface area contributed by atoms with E-state index in [1.54, 1.807) is 35.6 Å². The highest BCUT2D eigenvalue weighted by Crippen LogP contribution is 2.22. The van der Waals surface area contributed by atoms with Gasteiger partial charge in [-0.3, -0.25) is 4.79 Å². The van der Waals surface area contributed by atoms with Gasteiger partial charge in [0, 0.05) is 5.38 Å². The molecular formula is C20H16ClFN2O4S. The Bertz CT molecular complexity index is 1020. The van der Waals surface area contributed by atoms with E-state index in [0.29, 0.717) is 12.4 Å². The second kappa shape index (κ2) is 9.49. The van der Waals surface area contributed by atoms with Crippen LogP contribution >= 0.6 is 22.9 Å². The summed E-state index contributed by atoms with van der Waals surface area (Å²) < 4.78 is 23.6. The first-order chi connectivity index (χ1) is 13.9. The van der Waals surface area contributed by atoms with Gasteiger partial charge in [0.25, 0.3) is 5.91 Å². The van der Waals surface area contributed by atoms with Crippen molar-refractivity contribution < 1.29 is 23.5 Å². The fraction of sp³-hybridized carbons (Fsp3) is 0.150. The Morgan fingerprint density at radius 2 is 1.97 bits per heavy atom. The first-order valence-electron chi connectivity index (χ1n) is 8.46. The summed E-state index contributed by atoms with van der Waals surface area (Å²) in [6.07, 6.45) is 0. The Labute approximate surface area is 175 Å². The maximum absolute atomic E-state index is 13.0. The highest BCUT2D eigenvalue weighted by molar-refractivity contribution is 7.09. The van der Waals surface area contributed by atoms with Crippen LogP contribution in [0, 0.1) is 12.7 Å². The van der Waals surface area contributed by atoms with Crippen molar-refractivity contribution in [2.45, 2.75) is 13.5 Å². The average molecular weight is 435 g/mol. The zero-order valence-corrected chi connectivity index (χ0v) is 16.8. The maximum Gasteiger partial charge on any atom is 0.338 e. The van der Waals surface area contributed by atoms with Crippen LogP contribution in [0.5, 0.6) is 5.75 Å². The topological polar surface area (TPSA) is 77.5 Å². The quantitative estimate of drug-likeness (QED) is 0.549. The molecule has 0 unspecified atom stereocenters. The summed E-state index contributed by atoms with van der Waals surface area (Å²) in [6.45, 7) is 1.75. The molecule has 0 spiro atoms. The Kier molecular flexibility index (Phi) is 6.79. The van der Waals surface area contributed by atoms with Gasteiger partial charge in [0.15, 0.2) is 6.61 Å². The van der Waals surface area contributed by atoms with Gasteiger partial charge < -0.3 is 14.8 Å². The number of nitrogens with zero attached hydrogens (tertiary/aromatic N) is 1. The summed E-state index contributed by atoms with van der Waals surface area (Å²) in [4.78, 5) is 28.3. The van der Waals surface area contributed by atoms with E-state index in [9.17, 15) is 14.0 Å². The molecule has 9 heteroatoms. The summed E-state index contributed by atoms with van der Waals surface area (Å²) in [5.74, 6) is -1.19. The maximum atomic E-state index is 13.0. The number of anilines is 1. The molecule has 0 bridgehead atoms. The Hall–Kier alpha value is -2.97. The van der Waals surface area contributed by atoms with Gasteiger partial charge in [-0.05, 0) is 49.4 Å². The number of thiazole rings is 1. The molecule has 2 aromatic carbocycles. The number of aryl methyl sites for hydroxylation is 1. The standard InChI is InChI=1S/C20H16ClFN2O4S/c1-12-23-15(11-29-12)9-27-16-5-2-13(3-6-16)20(26)28-10-19(25)24-18-7-4-14(22)8-17(18)21/h2-8,11H,9-10H2,1H3,(H,24,25). The molecule has 3 aromatic rings. The van der Waals surface area contributed by atoms with Gasteiger partial charge in [0.2, 0.25) is 0 Å². The van der Waals surface area contributed by atoms with Gasteiger partial charge in [-0.25, -0.2) is 14.2 Å². The third-order valence-electron chi connectivity index (χ3n) is 3.68. The van der Waals surface area contributed by atoms with Gasteiger partial charge in [-0.2, -0.15) is 0 Å². The third kappa shape index (κ3) is 6.00. The lowest BCUT2D eigenvalue weighted by atomic mass is 10.2. The number of amides is 1. The summed E-state index contributed by atoms with van der Waals surface area (Å²) >= 11 is 7.38. The summed E-state index contributed by atoms with van der Waals surface area (Å²) in [7, 11) is 0. The van der Waals surface area contributed by atoms with Crippen LogP contribution in [-0.2, 0) is 16.1 Å².